The SMILES string of the molecule is COCCN(CCOC)C(=O)CC1CC2CCC(C1)N2.Cl. The quantitative estimate of drug-likeness (QED) is 0.735. The van der Waals surface area contributed by atoms with Crippen molar-refractivity contribution in [2.45, 2.75) is 44.2 Å². The molecule has 0 aromatic rings. The second kappa shape index (κ2) is 9.62. The van der Waals surface area contributed by atoms with E-state index in [0.717, 1.165) is 12.8 Å². The zero-order valence-corrected chi connectivity index (χ0v) is 14.0. The molecule has 6 heteroatoms. The lowest BCUT2D eigenvalue weighted by molar-refractivity contribution is -0.133. The first-order valence-electron chi connectivity index (χ1n) is 7.74. The van der Waals surface area contributed by atoms with Crippen LogP contribution in [-0.4, -0.2) is 63.4 Å². The fourth-order valence-electron chi connectivity index (χ4n) is 3.48. The molecule has 0 spiro atoms. The molecule has 124 valence electrons. The summed E-state index contributed by atoms with van der Waals surface area (Å²) in [6, 6.07) is 1.30. The summed E-state index contributed by atoms with van der Waals surface area (Å²) in [4.78, 5) is 14.3. The fourth-order valence-corrected chi connectivity index (χ4v) is 3.48. The molecule has 0 aliphatic carbocycles. The average Bonchev–Trinajstić information content (AvgIpc) is 2.78. The Labute approximate surface area is 134 Å². The molecular weight excluding hydrogens is 292 g/mol. The van der Waals surface area contributed by atoms with Gasteiger partial charge < -0.3 is 19.7 Å². The number of nitrogens with one attached hydrogen (secondary N) is 1. The van der Waals surface area contributed by atoms with E-state index in [2.05, 4.69) is 5.32 Å². The number of hydrogen-bond donors (Lipinski definition) is 1. The van der Waals surface area contributed by atoms with Crippen molar-refractivity contribution < 1.29 is 14.3 Å². The molecular formula is C15H29ClN2O3. The number of hydrogen-bond acceptors (Lipinski definition) is 4. The van der Waals surface area contributed by atoms with Crippen LogP contribution >= 0.6 is 12.4 Å². The minimum atomic E-state index is 0. The van der Waals surface area contributed by atoms with Gasteiger partial charge in [0.25, 0.3) is 0 Å². The maximum absolute atomic E-state index is 12.5. The first-order valence-corrected chi connectivity index (χ1v) is 7.74. The van der Waals surface area contributed by atoms with E-state index in [0.29, 0.717) is 50.7 Å². The number of carbonyl (C=O) groups is 1. The highest BCUT2D eigenvalue weighted by atomic mass is 35.5. The highest BCUT2D eigenvalue weighted by Gasteiger charge is 2.34. The van der Waals surface area contributed by atoms with Gasteiger partial charge in [-0.1, -0.05) is 0 Å². The van der Waals surface area contributed by atoms with Crippen molar-refractivity contribution in [3.63, 3.8) is 0 Å². The molecule has 2 atom stereocenters. The lowest BCUT2D eigenvalue weighted by atomic mass is 9.89. The van der Waals surface area contributed by atoms with Gasteiger partial charge in [-0.05, 0) is 31.6 Å². The Kier molecular flexibility index (Phi) is 8.56. The molecule has 21 heavy (non-hydrogen) atoms. The molecule has 0 aromatic heterocycles. The summed E-state index contributed by atoms with van der Waals surface area (Å²) in [7, 11) is 3.34. The number of piperidine rings is 1. The molecule has 2 aliphatic heterocycles. The Morgan fingerprint density at radius 2 is 1.62 bits per heavy atom. The number of methoxy groups -OCH3 is 2. The highest BCUT2D eigenvalue weighted by Crippen LogP contribution is 2.32. The van der Waals surface area contributed by atoms with Gasteiger partial charge in [0.15, 0.2) is 0 Å². The van der Waals surface area contributed by atoms with Crippen LogP contribution in [-0.2, 0) is 14.3 Å². The van der Waals surface area contributed by atoms with E-state index in [9.17, 15) is 4.79 Å². The van der Waals surface area contributed by atoms with E-state index in [1.165, 1.54) is 12.8 Å². The molecule has 2 fully saturated rings. The Hall–Kier alpha value is -0.360. The Morgan fingerprint density at radius 1 is 1.10 bits per heavy atom. The molecule has 5 nitrogen and oxygen atoms in total. The number of carbonyl (C=O) groups excluding carboxylic acids is 1. The second-order valence-electron chi connectivity index (χ2n) is 6.05. The molecule has 1 amide bonds. The minimum Gasteiger partial charge on any atom is -0.383 e. The maximum atomic E-state index is 12.5. The van der Waals surface area contributed by atoms with Gasteiger partial charge in [-0.2, -0.15) is 0 Å². The maximum Gasteiger partial charge on any atom is 0.223 e. The number of amides is 1. The number of nitrogens with zero attached hydrogens (tertiary/aromatic N) is 1. The molecule has 2 bridgehead atoms. The van der Waals surface area contributed by atoms with E-state index in [1.807, 2.05) is 4.90 Å². The van der Waals surface area contributed by atoms with Crippen molar-refractivity contribution in [1.29, 1.82) is 0 Å². The Balaban J connectivity index is 0.00000220. The minimum absolute atomic E-state index is 0. The molecule has 2 unspecified atom stereocenters. The third-order valence-electron chi connectivity index (χ3n) is 4.52. The first-order chi connectivity index (χ1) is 9.72. The van der Waals surface area contributed by atoms with Crippen molar-refractivity contribution in [3.05, 3.63) is 0 Å². The van der Waals surface area contributed by atoms with E-state index >= 15 is 0 Å². The predicted molar refractivity (Wildman–Crippen MR) is 84.9 cm³/mol. The topological polar surface area (TPSA) is 50.8 Å². The number of rotatable bonds is 8. The van der Waals surface area contributed by atoms with Crippen LogP contribution in [0.1, 0.15) is 32.1 Å². The van der Waals surface area contributed by atoms with Crippen LogP contribution in [0.2, 0.25) is 0 Å². The van der Waals surface area contributed by atoms with Gasteiger partial charge in [0.1, 0.15) is 0 Å². The van der Waals surface area contributed by atoms with E-state index < -0.39 is 0 Å². The lowest BCUT2D eigenvalue weighted by Gasteiger charge is -2.30. The summed E-state index contributed by atoms with van der Waals surface area (Å²) < 4.78 is 10.2. The number of ether oxygens (including phenoxy) is 2. The Bertz CT molecular complexity index is 297. The van der Waals surface area contributed by atoms with Crippen LogP contribution < -0.4 is 5.32 Å². The van der Waals surface area contributed by atoms with Crippen LogP contribution in [0, 0.1) is 5.92 Å². The summed E-state index contributed by atoms with van der Waals surface area (Å²) in [6.45, 7) is 2.51. The average molecular weight is 321 g/mol. The van der Waals surface area contributed by atoms with E-state index in [1.54, 1.807) is 14.2 Å². The van der Waals surface area contributed by atoms with Crippen molar-refractivity contribution in [3.8, 4) is 0 Å². The highest BCUT2D eigenvalue weighted by molar-refractivity contribution is 5.85. The van der Waals surface area contributed by atoms with Crippen molar-refractivity contribution >= 4 is 18.3 Å². The summed E-state index contributed by atoms with van der Waals surface area (Å²) in [5.74, 6) is 0.805. The zero-order chi connectivity index (χ0) is 14.4. The third-order valence-corrected chi connectivity index (χ3v) is 4.52. The summed E-state index contributed by atoms with van der Waals surface area (Å²) in [5, 5.41) is 3.63. The van der Waals surface area contributed by atoms with Gasteiger partial charge in [-0.25, -0.2) is 0 Å². The zero-order valence-electron chi connectivity index (χ0n) is 13.2. The monoisotopic (exact) mass is 320 g/mol. The molecule has 2 rings (SSSR count). The molecule has 2 saturated heterocycles. The molecule has 0 saturated carbocycles. The van der Waals surface area contributed by atoms with Crippen LogP contribution in [0.15, 0.2) is 0 Å². The summed E-state index contributed by atoms with van der Waals surface area (Å²) in [5.41, 5.74) is 0. The predicted octanol–water partition coefficient (Wildman–Crippen LogP) is 1.45. The molecule has 0 aromatic carbocycles. The van der Waals surface area contributed by atoms with Gasteiger partial charge in [0, 0.05) is 45.8 Å². The summed E-state index contributed by atoms with van der Waals surface area (Å²) >= 11 is 0. The van der Waals surface area contributed by atoms with Crippen LogP contribution in [0.4, 0.5) is 0 Å². The number of fused-ring (bicyclic) bond motifs is 2. The standard InChI is InChI=1S/C15H28N2O3.ClH/c1-19-7-5-17(6-8-20-2)15(18)11-12-9-13-3-4-14(10-12)16-13;/h12-14,16H,3-11H2,1-2H3;1H. The first kappa shape index (κ1) is 18.7. The summed E-state index contributed by atoms with van der Waals surface area (Å²) in [6.07, 6.45) is 5.57. The Morgan fingerprint density at radius 3 is 2.10 bits per heavy atom. The second-order valence-corrected chi connectivity index (χ2v) is 6.05. The smallest absolute Gasteiger partial charge is 0.223 e. The third kappa shape index (κ3) is 5.74. The lowest BCUT2D eigenvalue weighted by Crippen LogP contribution is -2.42. The van der Waals surface area contributed by atoms with Gasteiger partial charge in [0.2, 0.25) is 5.91 Å². The molecule has 2 aliphatic rings. The van der Waals surface area contributed by atoms with Crippen molar-refractivity contribution in [2.75, 3.05) is 40.5 Å². The normalized spacial score (nSPS) is 27.2. The van der Waals surface area contributed by atoms with Crippen LogP contribution in [0.5, 0.6) is 0 Å². The van der Waals surface area contributed by atoms with Crippen molar-refractivity contribution in [2.24, 2.45) is 5.92 Å². The van der Waals surface area contributed by atoms with Crippen LogP contribution in [0.25, 0.3) is 0 Å². The van der Waals surface area contributed by atoms with Gasteiger partial charge in [0.05, 0.1) is 13.2 Å². The van der Waals surface area contributed by atoms with Gasteiger partial charge in [-0.15, -0.1) is 12.4 Å². The molecule has 0 radical (unpaired) electrons. The van der Waals surface area contributed by atoms with E-state index in [-0.39, 0.29) is 18.3 Å². The van der Waals surface area contributed by atoms with Gasteiger partial charge in [-0.3, -0.25) is 4.79 Å². The molecule has 1 N–H and O–H groups in total. The van der Waals surface area contributed by atoms with Crippen molar-refractivity contribution in [1.82, 2.24) is 10.2 Å². The number of halogens is 1. The fraction of sp³-hybridized carbons (Fsp3) is 0.933. The molecule has 2 heterocycles. The van der Waals surface area contributed by atoms with Crippen LogP contribution in [0.3, 0.4) is 0 Å². The van der Waals surface area contributed by atoms with Gasteiger partial charge >= 0.3 is 0 Å². The van der Waals surface area contributed by atoms with E-state index in [4.69, 9.17) is 9.47 Å². The largest absolute Gasteiger partial charge is 0.383 e.